The summed E-state index contributed by atoms with van der Waals surface area (Å²) in [5, 5.41) is 8.83. The van der Waals surface area contributed by atoms with Crippen molar-refractivity contribution in [3.63, 3.8) is 0 Å². The van der Waals surface area contributed by atoms with Crippen LogP contribution in [-0.2, 0) is 16.1 Å². The summed E-state index contributed by atoms with van der Waals surface area (Å²) in [6.07, 6.45) is 1.57. The minimum absolute atomic E-state index is 0.0902. The molecule has 1 fully saturated rings. The van der Waals surface area contributed by atoms with Gasteiger partial charge in [0.25, 0.3) is 11.1 Å². The van der Waals surface area contributed by atoms with Gasteiger partial charge in [0.05, 0.1) is 18.6 Å². The first kappa shape index (κ1) is 20.8. The minimum Gasteiger partial charge on any atom is -0.493 e. The zero-order valence-electron chi connectivity index (χ0n) is 15.3. The number of carbonyl (C=O) groups excluding carboxylic acids is 2. The first-order valence-corrected chi connectivity index (χ1v) is 9.60. The summed E-state index contributed by atoms with van der Waals surface area (Å²) in [6, 6.07) is 11.8. The summed E-state index contributed by atoms with van der Waals surface area (Å²) >= 11 is 6.96. The van der Waals surface area contributed by atoms with Crippen LogP contribution < -0.4 is 9.47 Å². The van der Waals surface area contributed by atoms with E-state index in [9.17, 15) is 14.4 Å². The molecule has 2 aromatic carbocycles. The van der Waals surface area contributed by atoms with Gasteiger partial charge in [-0.05, 0) is 47.2 Å². The van der Waals surface area contributed by atoms with Crippen molar-refractivity contribution in [1.82, 2.24) is 4.90 Å². The van der Waals surface area contributed by atoms with E-state index in [0.29, 0.717) is 21.9 Å². The maximum Gasteiger partial charge on any atom is 0.341 e. The van der Waals surface area contributed by atoms with E-state index in [-0.39, 0.29) is 22.4 Å². The lowest BCUT2D eigenvalue weighted by Gasteiger charge is -2.13. The number of halogens is 1. The third kappa shape index (κ3) is 4.90. The number of thioether (sulfide) groups is 1. The second-order valence-electron chi connectivity index (χ2n) is 5.95. The van der Waals surface area contributed by atoms with Gasteiger partial charge in [0.2, 0.25) is 0 Å². The van der Waals surface area contributed by atoms with Gasteiger partial charge in [0.1, 0.15) is 0 Å². The summed E-state index contributed by atoms with van der Waals surface area (Å²) < 4.78 is 10.4. The predicted molar refractivity (Wildman–Crippen MR) is 109 cm³/mol. The van der Waals surface area contributed by atoms with E-state index in [1.807, 2.05) is 0 Å². The molecule has 0 radical (unpaired) electrons. The molecule has 0 aliphatic carbocycles. The van der Waals surface area contributed by atoms with E-state index in [2.05, 4.69) is 0 Å². The van der Waals surface area contributed by atoms with Crippen molar-refractivity contribution < 1.29 is 29.0 Å². The molecule has 0 atom stereocenters. The SMILES string of the molecule is COc1cc(C=C2SC(=O)N(Cc3ccccc3Cl)C2=O)ccc1OCC(=O)O. The molecule has 7 nitrogen and oxygen atoms in total. The van der Waals surface area contributed by atoms with Crippen LogP contribution in [0, 0.1) is 0 Å². The van der Waals surface area contributed by atoms with E-state index in [0.717, 1.165) is 16.7 Å². The Morgan fingerprint density at radius 2 is 1.97 bits per heavy atom. The molecule has 9 heteroatoms. The van der Waals surface area contributed by atoms with E-state index in [4.69, 9.17) is 26.2 Å². The van der Waals surface area contributed by atoms with Gasteiger partial charge < -0.3 is 14.6 Å². The summed E-state index contributed by atoms with van der Waals surface area (Å²) in [6.45, 7) is -0.413. The zero-order valence-corrected chi connectivity index (χ0v) is 16.8. The quantitative estimate of drug-likeness (QED) is 0.658. The lowest BCUT2D eigenvalue weighted by molar-refractivity contribution is -0.139. The van der Waals surface area contributed by atoms with Crippen LogP contribution in [0.4, 0.5) is 4.79 Å². The second-order valence-corrected chi connectivity index (χ2v) is 7.35. The highest BCUT2D eigenvalue weighted by Crippen LogP contribution is 2.35. The number of rotatable bonds is 7. The molecular weight excluding hydrogens is 418 g/mol. The molecule has 0 spiro atoms. The van der Waals surface area contributed by atoms with Crippen LogP contribution in [0.2, 0.25) is 5.02 Å². The normalized spacial score (nSPS) is 15.1. The van der Waals surface area contributed by atoms with Gasteiger partial charge in [-0.3, -0.25) is 14.5 Å². The molecule has 150 valence electrons. The molecule has 0 bridgehead atoms. The Bertz CT molecular complexity index is 1010. The van der Waals surface area contributed by atoms with Crippen LogP contribution in [0.15, 0.2) is 47.4 Å². The molecule has 1 N–H and O–H groups in total. The van der Waals surface area contributed by atoms with Gasteiger partial charge in [-0.25, -0.2) is 4.79 Å². The molecular formula is C20H16ClNO6S. The van der Waals surface area contributed by atoms with Crippen LogP contribution >= 0.6 is 23.4 Å². The smallest absolute Gasteiger partial charge is 0.341 e. The first-order valence-electron chi connectivity index (χ1n) is 8.40. The first-order chi connectivity index (χ1) is 13.9. The van der Waals surface area contributed by atoms with Crippen molar-refractivity contribution in [2.24, 2.45) is 0 Å². The largest absolute Gasteiger partial charge is 0.493 e. The monoisotopic (exact) mass is 433 g/mol. The highest BCUT2D eigenvalue weighted by Gasteiger charge is 2.35. The molecule has 2 amide bonds. The predicted octanol–water partition coefficient (Wildman–Crippen LogP) is 4.05. The maximum atomic E-state index is 12.7. The van der Waals surface area contributed by atoms with E-state index >= 15 is 0 Å². The van der Waals surface area contributed by atoms with E-state index < -0.39 is 18.5 Å². The standard InChI is InChI=1S/C20H16ClNO6S/c1-27-16-8-12(6-7-15(16)28-11-18(23)24)9-17-19(25)22(20(26)29-17)10-13-4-2-3-5-14(13)21/h2-9H,10-11H2,1H3,(H,23,24). The number of hydrogen-bond donors (Lipinski definition) is 1. The molecule has 0 unspecified atom stereocenters. The fourth-order valence-corrected chi connectivity index (χ4v) is 3.65. The summed E-state index contributed by atoms with van der Waals surface area (Å²) in [5.41, 5.74) is 1.28. The van der Waals surface area contributed by atoms with Crippen LogP contribution in [0.25, 0.3) is 6.08 Å². The van der Waals surface area contributed by atoms with Crippen molar-refractivity contribution in [3.05, 3.63) is 63.5 Å². The lowest BCUT2D eigenvalue weighted by atomic mass is 10.1. The number of imide groups is 1. The molecule has 2 aromatic rings. The third-order valence-electron chi connectivity index (χ3n) is 4.00. The van der Waals surface area contributed by atoms with Gasteiger partial charge in [0.15, 0.2) is 18.1 Å². The fraction of sp³-hybridized carbons (Fsp3) is 0.150. The van der Waals surface area contributed by atoms with Gasteiger partial charge in [-0.2, -0.15) is 0 Å². The number of carboxylic acid groups (broad SMARTS) is 1. The van der Waals surface area contributed by atoms with Gasteiger partial charge in [-0.15, -0.1) is 0 Å². The third-order valence-corrected chi connectivity index (χ3v) is 5.27. The number of amides is 2. The Morgan fingerprint density at radius 1 is 1.21 bits per heavy atom. The number of hydrogen-bond acceptors (Lipinski definition) is 6. The van der Waals surface area contributed by atoms with Crippen molar-refractivity contribution in [1.29, 1.82) is 0 Å². The number of ether oxygens (including phenoxy) is 2. The minimum atomic E-state index is -1.11. The second kappa shape index (κ2) is 9.02. The number of benzene rings is 2. The number of methoxy groups -OCH3 is 1. The van der Waals surface area contributed by atoms with Crippen molar-refractivity contribution in [3.8, 4) is 11.5 Å². The Morgan fingerprint density at radius 3 is 2.66 bits per heavy atom. The summed E-state index contributed by atoms with van der Waals surface area (Å²) in [5.74, 6) is -0.942. The summed E-state index contributed by atoms with van der Waals surface area (Å²) in [7, 11) is 1.42. The Kier molecular flexibility index (Phi) is 6.46. The summed E-state index contributed by atoms with van der Waals surface area (Å²) in [4.78, 5) is 37.1. The molecule has 0 aromatic heterocycles. The molecule has 1 saturated heterocycles. The van der Waals surface area contributed by atoms with Crippen LogP contribution in [0.1, 0.15) is 11.1 Å². The Labute approximate surface area is 175 Å². The zero-order chi connectivity index (χ0) is 21.0. The maximum absolute atomic E-state index is 12.7. The van der Waals surface area contributed by atoms with Crippen molar-refractivity contribution in [2.75, 3.05) is 13.7 Å². The molecule has 3 rings (SSSR count). The van der Waals surface area contributed by atoms with Crippen LogP contribution in [0.3, 0.4) is 0 Å². The Balaban J connectivity index is 1.80. The van der Waals surface area contributed by atoms with Crippen molar-refractivity contribution in [2.45, 2.75) is 6.54 Å². The number of carboxylic acids is 1. The molecule has 29 heavy (non-hydrogen) atoms. The van der Waals surface area contributed by atoms with E-state index in [1.165, 1.54) is 7.11 Å². The average molecular weight is 434 g/mol. The van der Waals surface area contributed by atoms with Gasteiger partial charge in [0, 0.05) is 5.02 Å². The Hall–Kier alpha value is -2.97. The lowest BCUT2D eigenvalue weighted by Crippen LogP contribution is -2.27. The van der Waals surface area contributed by atoms with Crippen molar-refractivity contribution >= 4 is 46.6 Å². The highest BCUT2D eigenvalue weighted by molar-refractivity contribution is 8.18. The van der Waals surface area contributed by atoms with Crippen LogP contribution in [0.5, 0.6) is 11.5 Å². The van der Waals surface area contributed by atoms with Crippen LogP contribution in [-0.4, -0.2) is 40.8 Å². The highest BCUT2D eigenvalue weighted by atomic mass is 35.5. The molecule has 1 heterocycles. The molecule has 1 aliphatic heterocycles. The fourth-order valence-electron chi connectivity index (χ4n) is 2.62. The van der Waals surface area contributed by atoms with Gasteiger partial charge in [-0.1, -0.05) is 35.9 Å². The molecule has 0 saturated carbocycles. The van der Waals surface area contributed by atoms with E-state index in [1.54, 1.807) is 48.5 Å². The molecule has 1 aliphatic rings. The number of aliphatic carboxylic acids is 1. The van der Waals surface area contributed by atoms with Gasteiger partial charge >= 0.3 is 5.97 Å². The topological polar surface area (TPSA) is 93.1 Å². The number of nitrogens with zero attached hydrogens (tertiary/aromatic N) is 1. The average Bonchev–Trinajstić information content (AvgIpc) is 2.95. The number of carbonyl (C=O) groups is 3.